The summed E-state index contributed by atoms with van der Waals surface area (Å²) in [6.45, 7) is 2.85. The third kappa shape index (κ3) is 4.30. The first-order chi connectivity index (χ1) is 10.5. The highest BCUT2D eigenvalue weighted by Gasteiger charge is 2.22. The molecule has 1 unspecified atom stereocenters. The van der Waals surface area contributed by atoms with Crippen molar-refractivity contribution in [2.45, 2.75) is 30.7 Å². The van der Waals surface area contributed by atoms with Gasteiger partial charge in [0.25, 0.3) is 0 Å². The van der Waals surface area contributed by atoms with Crippen molar-refractivity contribution in [2.75, 3.05) is 25.9 Å². The number of hydrogen-bond donors (Lipinski definition) is 1. The van der Waals surface area contributed by atoms with Crippen LogP contribution in [0.3, 0.4) is 0 Å². The molecule has 0 bridgehead atoms. The fraction of sp³-hybridized carbons (Fsp3) is 0.500. The zero-order valence-corrected chi connectivity index (χ0v) is 13.7. The maximum Gasteiger partial charge on any atom is 0.232 e. The van der Waals surface area contributed by atoms with Crippen LogP contribution in [0.15, 0.2) is 23.1 Å². The molecule has 6 heteroatoms. The van der Waals surface area contributed by atoms with Crippen LogP contribution >= 0.6 is 11.8 Å². The molecule has 0 spiro atoms. The number of thioether (sulfide) groups is 1. The summed E-state index contributed by atoms with van der Waals surface area (Å²) in [6.07, 6.45) is 2.09. The Labute approximate surface area is 134 Å². The summed E-state index contributed by atoms with van der Waals surface area (Å²) >= 11 is 1.30. The minimum absolute atomic E-state index is 0.0704. The molecular weight excluding hydrogens is 303 g/mol. The van der Waals surface area contributed by atoms with Gasteiger partial charge in [0, 0.05) is 24.0 Å². The third-order valence-corrected chi connectivity index (χ3v) is 4.84. The summed E-state index contributed by atoms with van der Waals surface area (Å²) in [7, 11) is 1.91. The van der Waals surface area contributed by atoms with Crippen molar-refractivity contribution < 1.29 is 14.0 Å². The molecule has 2 rings (SSSR count). The first-order valence-electron chi connectivity index (χ1n) is 7.39. The second kappa shape index (κ2) is 7.74. The lowest BCUT2D eigenvalue weighted by atomic mass is 10.1. The van der Waals surface area contributed by atoms with E-state index in [-0.39, 0.29) is 23.0 Å². The molecule has 1 heterocycles. The number of nitrogens with zero attached hydrogens (tertiary/aromatic N) is 1. The first kappa shape index (κ1) is 17.0. The number of benzene rings is 1. The Morgan fingerprint density at radius 1 is 1.45 bits per heavy atom. The predicted molar refractivity (Wildman–Crippen MR) is 85.8 cm³/mol. The minimum atomic E-state index is -0.529. The van der Waals surface area contributed by atoms with Gasteiger partial charge in [-0.05, 0) is 45.0 Å². The van der Waals surface area contributed by atoms with Crippen molar-refractivity contribution in [3.63, 3.8) is 0 Å². The lowest BCUT2D eigenvalue weighted by Gasteiger charge is -2.32. The number of likely N-dealkylation sites (tertiary alicyclic amines) is 1. The number of piperidine rings is 1. The van der Waals surface area contributed by atoms with Gasteiger partial charge in [-0.2, -0.15) is 0 Å². The van der Waals surface area contributed by atoms with E-state index >= 15 is 0 Å². The Morgan fingerprint density at radius 3 is 2.86 bits per heavy atom. The van der Waals surface area contributed by atoms with E-state index in [4.69, 9.17) is 0 Å². The van der Waals surface area contributed by atoms with E-state index in [1.165, 1.54) is 30.8 Å². The second-order valence-corrected chi connectivity index (χ2v) is 6.50. The van der Waals surface area contributed by atoms with Crippen molar-refractivity contribution in [3.8, 4) is 0 Å². The molecule has 0 radical (unpaired) electrons. The molecule has 1 aliphatic heterocycles. The average Bonchev–Trinajstić information content (AvgIpc) is 2.52. The number of hydrogen-bond acceptors (Lipinski definition) is 4. The van der Waals surface area contributed by atoms with Crippen molar-refractivity contribution in [1.29, 1.82) is 0 Å². The van der Waals surface area contributed by atoms with Crippen molar-refractivity contribution in [1.82, 2.24) is 10.2 Å². The maximum absolute atomic E-state index is 13.7. The number of Topliss-reactive ketones (excluding diaryl/α,β-unsaturated/α-hetero) is 1. The molecule has 1 fully saturated rings. The summed E-state index contributed by atoms with van der Waals surface area (Å²) in [6, 6.07) is 4.84. The van der Waals surface area contributed by atoms with Crippen LogP contribution in [0.5, 0.6) is 0 Å². The monoisotopic (exact) mass is 324 g/mol. The summed E-state index contributed by atoms with van der Waals surface area (Å²) < 4.78 is 13.7. The smallest absolute Gasteiger partial charge is 0.232 e. The average molecular weight is 324 g/mol. The molecule has 4 nitrogen and oxygen atoms in total. The highest BCUT2D eigenvalue weighted by Crippen LogP contribution is 2.22. The van der Waals surface area contributed by atoms with Gasteiger partial charge in [0.2, 0.25) is 5.91 Å². The van der Waals surface area contributed by atoms with E-state index in [0.717, 1.165) is 25.9 Å². The van der Waals surface area contributed by atoms with Crippen LogP contribution in [0, 0.1) is 5.82 Å². The van der Waals surface area contributed by atoms with E-state index in [9.17, 15) is 14.0 Å². The number of rotatable bonds is 5. The Morgan fingerprint density at radius 2 is 2.23 bits per heavy atom. The molecule has 0 saturated carbocycles. The molecule has 1 saturated heterocycles. The van der Waals surface area contributed by atoms with Gasteiger partial charge in [-0.25, -0.2) is 4.39 Å². The molecule has 1 aliphatic rings. The summed E-state index contributed by atoms with van der Waals surface area (Å²) in [5.74, 6) is -0.467. The van der Waals surface area contributed by atoms with Gasteiger partial charge < -0.3 is 10.2 Å². The number of amides is 1. The number of carbonyl (C=O) groups is 2. The molecule has 22 heavy (non-hydrogen) atoms. The first-order valence-corrected chi connectivity index (χ1v) is 8.38. The zero-order chi connectivity index (χ0) is 16.1. The predicted octanol–water partition coefficient (Wildman–Crippen LogP) is 2.33. The Hall–Kier alpha value is -1.40. The number of halogens is 1. The van der Waals surface area contributed by atoms with Crippen LogP contribution in [0.25, 0.3) is 0 Å². The van der Waals surface area contributed by atoms with E-state index in [1.807, 2.05) is 11.9 Å². The van der Waals surface area contributed by atoms with E-state index in [1.54, 1.807) is 6.07 Å². The molecule has 1 atom stereocenters. The Balaban J connectivity index is 1.91. The van der Waals surface area contributed by atoms with Crippen LogP contribution in [0.2, 0.25) is 0 Å². The molecule has 1 amide bonds. The highest BCUT2D eigenvalue weighted by atomic mass is 32.2. The van der Waals surface area contributed by atoms with Gasteiger partial charge in [0.15, 0.2) is 5.78 Å². The van der Waals surface area contributed by atoms with Gasteiger partial charge in [-0.1, -0.05) is 0 Å². The molecule has 0 aliphatic carbocycles. The van der Waals surface area contributed by atoms with Crippen LogP contribution in [-0.2, 0) is 4.79 Å². The van der Waals surface area contributed by atoms with Gasteiger partial charge in [0.05, 0.1) is 11.3 Å². The normalized spacial score (nSPS) is 18.3. The fourth-order valence-electron chi connectivity index (χ4n) is 2.55. The summed E-state index contributed by atoms with van der Waals surface area (Å²) in [5.41, 5.74) is 0.0866. The second-order valence-electron chi connectivity index (χ2n) is 5.45. The summed E-state index contributed by atoms with van der Waals surface area (Å²) in [5, 5.41) is 3.20. The molecular formula is C16H21FN2O2S. The van der Waals surface area contributed by atoms with Gasteiger partial charge in [-0.15, -0.1) is 11.8 Å². The van der Waals surface area contributed by atoms with Crippen LogP contribution in [0.4, 0.5) is 4.39 Å². The Kier molecular flexibility index (Phi) is 5.97. The van der Waals surface area contributed by atoms with Gasteiger partial charge >= 0.3 is 0 Å². The fourth-order valence-corrected chi connectivity index (χ4v) is 3.37. The van der Waals surface area contributed by atoms with E-state index in [0.29, 0.717) is 10.9 Å². The van der Waals surface area contributed by atoms with E-state index in [2.05, 4.69) is 5.32 Å². The Bertz CT molecular complexity index is 565. The van der Waals surface area contributed by atoms with Crippen molar-refractivity contribution in [2.24, 2.45) is 0 Å². The lowest BCUT2D eigenvalue weighted by Crippen LogP contribution is -2.47. The topological polar surface area (TPSA) is 49.4 Å². The molecule has 1 aromatic carbocycles. The molecule has 1 N–H and O–H groups in total. The third-order valence-electron chi connectivity index (χ3n) is 3.86. The summed E-state index contributed by atoms with van der Waals surface area (Å²) in [4.78, 5) is 25.9. The lowest BCUT2D eigenvalue weighted by molar-refractivity contribution is -0.129. The number of nitrogens with one attached hydrogen (secondary N) is 1. The van der Waals surface area contributed by atoms with E-state index < -0.39 is 5.82 Å². The number of likely N-dealkylation sites (N-methyl/N-ethyl adjacent to an activating group) is 1. The zero-order valence-electron chi connectivity index (χ0n) is 12.9. The molecule has 1 aromatic rings. The number of ketones is 1. The minimum Gasteiger partial charge on any atom is -0.340 e. The maximum atomic E-state index is 13.7. The van der Waals surface area contributed by atoms with Crippen LogP contribution in [-0.4, -0.2) is 48.5 Å². The van der Waals surface area contributed by atoms with Gasteiger partial charge in [0.1, 0.15) is 5.82 Å². The largest absolute Gasteiger partial charge is 0.340 e. The number of carbonyl (C=O) groups excluding carboxylic acids is 2. The van der Waals surface area contributed by atoms with Crippen LogP contribution in [0.1, 0.15) is 30.1 Å². The molecule has 0 aromatic heterocycles. The highest BCUT2D eigenvalue weighted by molar-refractivity contribution is 8.00. The van der Waals surface area contributed by atoms with Gasteiger partial charge in [-0.3, -0.25) is 9.59 Å². The SMILES string of the molecule is CNC1CCCN(C(=O)CSc2ccc(C(C)=O)c(F)c2)C1. The van der Waals surface area contributed by atoms with Crippen LogP contribution < -0.4 is 5.32 Å². The van der Waals surface area contributed by atoms with Crippen molar-refractivity contribution in [3.05, 3.63) is 29.6 Å². The standard InChI is InChI=1S/C16H21FN2O2S/c1-11(20)14-6-5-13(8-15(14)17)22-10-16(21)19-7-3-4-12(9-19)18-2/h5-6,8,12,18H,3-4,7,9-10H2,1-2H3. The molecule has 120 valence electrons. The van der Waals surface area contributed by atoms with Crippen molar-refractivity contribution >= 4 is 23.5 Å². The quantitative estimate of drug-likeness (QED) is 0.667.